The van der Waals surface area contributed by atoms with Crippen LogP contribution in [0.1, 0.15) is 51.3 Å². The molecule has 6 heteroatoms. The molecule has 6 nitrogen and oxygen atoms in total. The third-order valence-electron chi connectivity index (χ3n) is 5.30. The molecule has 25 heavy (non-hydrogen) atoms. The van der Waals surface area contributed by atoms with Gasteiger partial charge in [-0.3, -0.25) is 4.40 Å². The number of rotatable bonds is 6. The molecule has 1 aliphatic carbocycles. The maximum atomic E-state index is 5.46. The Kier molecular flexibility index (Phi) is 4.53. The van der Waals surface area contributed by atoms with E-state index in [1.807, 2.05) is 13.1 Å². The second-order valence-electron chi connectivity index (χ2n) is 6.75. The summed E-state index contributed by atoms with van der Waals surface area (Å²) in [6.07, 6.45) is 10.5. The number of fused-ring (bicyclic) bond motifs is 3. The first-order chi connectivity index (χ1) is 12.3. The molecular weight excluding hydrogens is 314 g/mol. The second-order valence-corrected chi connectivity index (χ2v) is 6.75. The van der Waals surface area contributed by atoms with Crippen LogP contribution in [-0.2, 0) is 4.74 Å². The summed E-state index contributed by atoms with van der Waals surface area (Å²) in [5.74, 6) is 2.11. The molecule has 3 heterocycles. The van der Waals surface area contributed by atoms with E-state index in [0.29, 0.717) is 11.8 Å². The van der Waals surface area contributed by atoms with E-state index >= 15 is 0 Å². The third kappa shape index (κ3) is 2.95. The zero-order chi connectivity index (χ0) is 17.2. The lowest BCUT2D eigenvalue weighted by atomic mass is 9.93. The summed E-state index contributed by atoms with van der Waals surface area (Å²) < 4.78 is 7.64. The molecule has 1 saturated carbocycles. The number of H-pyrrole nitrogens is 1. The van der Waals surface area contributed by atoms with Gasteiger partial charge in [0.2, 0.25) is 0 Å². The van der Waals surface area contributed by atoms with Gasteiger partial charge in [0.25, 0.3) is 0 Å². The standard InChI is InChI=1S/C19H25N5O/c1-3-14-10-13(6-5-9-25-4-2)11-15(14)19-23-22-17-12-21-18-16(24(17)19)7-8-20-18/h6-8,12,14-15,20H,3-5,9-11H2,1-2H3. The Bertz CT molecular complexity index is 894. The Morgan fingerprint density at radius 2 is 2.24 bits per heavy atom. The van der Waals surface area contributed by atoms with Gasteiger partial charge in [0.05, 0.1) is 11.7 Å². The van der Waals surface area contributed by atoms with E-state index in [1.54, 1.807) is 6.20 Å². The fourth-order valence-electron chi connectivity index (χ4n) is 4.04. The molecule has 1 aliphatic rings. The highest BCUT2D eigenvalue weighted by Crippen LogP contribution is 2.44. The van der Waals surface area contributed by atoms with E-state index in [2.05, 4.69) is 43.6 Å². The summed E-state index contributed by atoms with van der Waals surface area (Å²) in [6, 6.07) is 2.05. The summed E-state index contributed by atoms with van der Waals surface area (Å²) in [5, 5.41) is 8.93. The minimum Gasteiger partial charge on any atom is -0.381 e. The average molecular weight is 339 g/mol. The summed E-state index contributed by atoms with van der Waals surface area (Å²) in [6.45, 7) is 5.91. The Morgan fingerprint density at radius 3 is 3.08 bits per heavy atom. The highest BCUT2D eigenvalue weighted by atomic mass is 16.5. The van der Waals surface area contributed by atoms with Crippen molar-refractivity contribution in [1.29, 1.82) is 0 Å². The van der Waals surface area contributed by atoms with Gasteiger partial charge in [0.1, 0.15) is 5.82 Å². The van der Waals surface area contributed by atoms with Crippen LogP contribution < -0.4 is 0 Å². The third-order valence-corrected chi connectivity index (χ3v) is 5.30. The van der Waals surface area contributed by atoms with Crippen molar-refractivity contribution in [2.75, 3.05) is 13.2 Å². The smallest absolute Gasteiger partial charge is 0.179 e. The van der Waals surface area contributed by atoms with Crippen molar-refractivity contribution in [2.45, 2.75) is 45.4 Å². The van der Waals surface area contributed by atoms with E-state index in [-0.39, 0.29) is 0 Å². The molecule has 2 atom stereocenters. The van der Waals surface area contributed by atoms with Crippen molar-refractivity contribution in [2.24, 2.45) is 5.92 Å². The van der Waals surface area contributed by atoms with Gasteiger partial charge in [-0.15, -0.1) is 10.2 Å². The monoisotopic (exact) mass is 339 g/mol. The van der Waals surface area contributed by atoms with Gasteiger partial charge in [-0.1, -0.05) is 25.0 Å². The van der Waals surface area contributed by atoms with Crippen LogP contribution in [0.2, 0.25) is 0 Å². The molecule has 132 valence electrons. The fourth-order valence-corrected chi connectivity index (χ4v) is 4.04. The zero-order valence-corrected chi connectivity index (χ0v) is 14.9. The summed E-state index contributed by atoms with van der Waals surface area (Å²) in [7, 11) is 0. The van der Waals surface area contributed by atoms with Gasteiger partial charge in [0.15, 0.2) is 11.3 Å². The topological polar surface area (TPSA) is 68.1 Å². The molecule has 1 fully saturated rings. The van der Waals surface area contributed by atoms with Crippen molar-refractivity contribution < 1.29 is 4.74 Å². The van der Waals surface area contributed by atoms with Crippen LogP contribution in [0.25, 0.3) is 16.8 Å². The number of aromatic amines is 1. The number of hydrogen-bond donors (Lipinski definition) is 1. The van der Waals surface area contributed by atoms with E-state index in [4.69, 9.17) is 4.74 Å². The minimum absolute atomic E-state index is 0.416. The molecule has 0 saturated heterocycles. The molecule has 0 amide bonds. The first kappa shape index (κ1) is 16.3. The number of aromatic nitrogens is 5. The van der Waals surface area contributed by atoms with Crippen LogP contribution in [0.15, 0.2) is 30.1 Å². The molecular formula is C19H25N5O. The SMILES string of the molecule is CCOCCC=C1CC(CC)C(c2nnc3cnc4[nH]ccc4n23)C1. The molecule has 3 aromatic rings. The molecule has 0 aromatic carbocycles. The van der Waals surface area contributed by atoms with Crippen LogP contribution in [0.4, 0.5) is 0 Å². The summed E-state index contributed by atoms with van der Waals surface area (Å²) >= 11 is 0. The fraction of sp³-hybridized carbons (Fsp3) is 0.526. The van der Waals surface area contributed by atoms with Crippen molar-refractivity contribution in [1.82, 2.24) is 24.6 Å². The van der Waals surface area contributed by atoms with Gasteiger partial charge in [-0.05, 0) is 38.2 Å². The largest absolute Gasteiger partial charge is 0.381 e. The summed E-state index contributed by atoms with van der Waals surface area (Å²) in [5.41, 5.74) is 4.30. The lowest BCUT2D eigenvalue weighted by Gasteiger charge is -2.15. The molecule has 1 N–H and O–H groups in total. The van der Waals surface area contributed by atoms with E-state index < -0.39 is 0 Å². The van der Waals surface area contributed by atoms with Gasteiger partial charge < -0.3 is 9.72 Å². The highest BCUT2D eigenvalue weighted by Gasteiger charge is 2.34. The molecule has 3 aromatic heterocycles. The number of allylic oxidation sites excluding steroid dienone is 1. The molecule has 0 aliphatic heterocycles. The molecule has 4 rings (SSSR count). The van der Waals surface area contributed by atoms with Gasteiger partial charge in [-0.25, -0.2) is 4.98 Å². The molecule has 0 radical (unpaired) electrons. The minimum atomic E-state index is 0.416. The predicted molar refractivity (Wildman–Crippen MR) is 97.6 cm³/mol. The first-order valence-electron chi connectivity index (χ1n) is 9.24. The van der Waals surface area contributed by atoms with E-state index in [1.165, 1.54) is 5.57 Å². The normalized spacial score (nSPS) is 22.6. The van der Waals surface area contributed by atoms with Crippen LogP contribution >= 0.6 is 0 Å². The van der Waals surface area contributed by atoms with E-state index in [0.717, 1.165) is 61.5 Å². The Balaban J connectivity index is 1.66. The maximum absolute atomic E-state index is 5.46. The lowest BCUT2D eigenvalue weighted by Crippen LogP contribution is -2.09. The maximum Gasteiger partial charge on any atom is 0.179 e. The van der Waals surface area contributed by atoms with Crippen LogP contribution in [0.3, 0.4) is 0 Å². The zero-order valence-electron chi connectivity index (χ0n) is 14.9. The van der Waals surface area contributed by atoms with E-state index in [9.17, 15) is 0 Å². The van der Waals surface area contributed by atoms with Crippen molar-refractivity contribution in [3.05, 3.63) is 35.9 Å². The Hall–Kier alpha value is -2.21. The molecule has 0 bridgehead atoms. The molecule has 0 spiro atoms. The number of nitrogens with one attached hydrogen (secondary N) is 1. The number of ether oxygens (including phenoxy) is 1. The van der Waals surface area contributed by atoms with Gasteiger partial charge >= 0.3 is 0 Å². The molecule has 2 unspecified atom stereocenters. The number of hydrogen-bond acceptors (Lipinski definition) is 4. The first-order valence-corrected chi connectivity index (χ1v) is 9.24. The van der Waals surface area contributed by atoms with Crippen LogP contribution in [0, 0.1) is 5.92 Å². The van der Waals surface area contributed by atoms with Crippen molar-refractivity contribution in [3.63, 3.8) is 0 Å². The average Bonchev–Trinajstić information content (AvgIpc) is 3.34. The number of nitrogens with zero attached hydrogens (tertiary/aromatic N) is 4. The Morgan fingerprint density at radius 1 is 1.32 bits per heavy atom. The predicted octanol–water partition coefficient (Wildman–Crippen LogP) is 3.86. The van der Waals surface area contributed by atoms with Crippen LogP contribution in [-0.4, -0.2) is 37.8 Å². The van der Waals surface area contributed by atoms with Gasteiger partial charge in [0, 0.05) is 25.3 Å². The van der Waals surface area contributed by atoms with Crippen molar-refractivity contribution in [3.8, 4) is 0 Å². The lowest BCUT2D eigenvalue weighted by molar-refractivity contribution is 0.152. The summed E-state index contributed by atoms with van der Waals surface area (Å²) in [4.78, 5) is 7.60. The van der Waals surface area contributed by atoms with Crippen LogP contribution in [0.5, 0.6) is 0 Å². The van der Waals surface area contributed by atoms with Crippen molar-refractivity contribution >= 4 is 16.8 Å². The second kappa shape index (κ2) is 6.96. The van der Waals surface area contributed by atoms with Gasteiger partial charge in [-0.2, -0.15) is 0 Å². The quantitative estimate of drug-likeness (QED) is 0.547. The highest BCUT2D eigenvalue weighted by molar-refractivity contribution is 5.74. The Labute approximate surface area is 147 Å².